The molecule has 27 heavy (non-hydrogen) atoms. The Balaban J connectivity index is 2.07. The number of fused-ring (bicyclic) bond motifs is 1. The Bertz CT molecular complexity index is 859. The van der Waals surface area contributed by atoms with Gasteiger partial charge in [-0.15, -0.1) is 0 Å². The average Bonchev–Trinajstić information content (AvgIpc) is 2.95. The normalized spacial score (nSPS) is 21.7. The second-order valence-corrected chi connectivity index (χ2v) is 7.34. The van der Waals surface area contributed by atoms with Crippen LogP contribution in [0.3, 0.4) is 0 Å². The molecule has 7 nitrogen and oxygen atoms in total. The van der Waals surface area contributed by atoms with Crippen LogP contribution < -0.4 is 4.74 Å². The molecule has 0 radical (unpaired) electrons. The lowest BCUT2D eigenvalue weighted by molar-refractivity contribution is -0.137. The van der Waals surface area contributed by atoms with Crippen molar-refractivity contribution >= 4 is 34.8 Å². The van der Waals surface area contributed by atoms with Crippen LogP contribution in [0.5, 0.6) is 5.75 Å². The number of amidine groups is 1. The standard InChI is InChI=1S/C19H20N2O5S/c1-5-14-17(23)21-16(12-6-8-13(9-7-12)26-11(3)22)15(18(24)25-4)10(2)20-19(21)27-14/h6-9,14,16H,5H2,1-4H3/t14-,16+/m0/s1. The Hall–Kier alpha value is -2.61. The molecule has 0 aliphatic carbocycles. The summed E-state index contributed by atoms with van der Waals surface area (Å²) in [5, 5.41) is 0.363. The summed E-state index contributed by atoms with van der Waals surface area (Å²) in [6.07, 6.45) is 0.670. The molecule has 2 atom stereocenters. The first-order valence-corrected chi connectivity index (χ1v) is 9.41. The second-order valence-electron chi connectivity index (χ2n) is 6.17. The van der Waals surface area contributed by atoms with Gasteiger partial charge in [0.2, 0.25) is 5.91 Å². The van der Waals surface area contributed by atoms with Crippen molar-refractivity contribution < 1.29 is 23.9 Å². The van der Waals surface area contributed by atoms with Crippen molar-refractivity contribution in [3.63, 3.8) is 0 Å². The minimum atomic E-state index is -0.632. The number of esters is 2. The van der Waals surface area contributed by atoms with E-state index in [1.807, 2.05) is 6.92 Å². The maximum absolute atomic E-state index is 12.9. The highest BCUT2D eigenvalue weighted by atomic mass is 32.2. The molecule has 0 N–H and O–H groups in total. The molecule has 1 saturated heterocycles. The Labute approximate surface area is 161 Å². The van der Waals surface area contributed by atoms with Gasteiger partial charge in [-0.05, 0) is 31.0 Å². The zero-order chi connectivity index (χ0) is 19.7. The van der Waals surface area contributed by atoms with Crippen LogP contribution in [0.4, 0.5) is 0 Å². The van der Waals surface area contributed by atoms with E-state index in [-0.39, 0.29) is 11.2 Å². The Morgan fingerprint density at radius 1 is 1.26 bits per heavy atom. The van der Waals surface area contributed by atoms with E-state index in [0.29, 0.717) is 34.2 Å². The van der Waals surface area contributed by atoms with Crippen molar-refractivity contribution in [3.05, 3.63) is 41.1 Å². The van der Waals surface area contributed by atoms with E-state index in [2.05, 4.69) is 4.99 Å². The summed E-state index contributed by atoms with van der Waals surface area (Å²) < 4.78 is 10.0. The van der Waals surface area contributed by atoms with Crippen LogP contribution >= 0.6 is 11.8 Å². The van der Waals surface area contributed by atoms with Crippen molar-refractivity contribution in [1.29, 1.82) is 0 Å². The number of nitrogens with zero attached hydrogens (tertiary/aromatic N) is 2. The van der Waals surface area contributed by atoms with E-state index in [4.69, 9.17) is 9.47 Å². The van der Waals surface area contributed by atoms with Crippen LogP contribution in [0.2, 0.25) is 0 Å². The third kappa shape index (κ3) is 3.49. The molecule has 0 saturated carbocycles. The van der Waals surface area contributed by atoms with Crippen LogP contribution in [-0.4, -0.2) is 40.3 Å². The Kier molecular flexibility index (Phi) is 5.36. The predicted octanol–water partition coefficient (Wildman–Crippen LogP) is 2.82. The molecule has 0 spiro atoms. The van der Waals surface area contributed by atoms with Gasteiger partial charge in [-0.2, -0.15) is 0 Å². The third-order valence-electron chi connectivity index (χ3n) is 4.38. The molecule has 0 aromatic heterocycles. The lowest BCUT2D eigenvalue weighted by Crippen LogP contribution is -2.40. The number of ether oxygens (including phenoxy) is 2. The number of amides is 1. The number of methoxy groups -OCH3 is 1. The lowest BCUT2D eigenvalue weighted by Gasteiger charge is -2.32. The predicted molar refractivity (Wildman–Crippen MR) is 101 cm³/mol. The highest BCUT2D eigenvalue weighted by Gasteiger charge is 2.47. The lowest BCUT2D eigenvalue weighted by atomic mass is 9.94. The van der Waals surface area contributed by atoms with Gasteiger partial charge < -0.3 is 9.47 Å². The van der Waals surface area contributed by atoms with E-state index in [9.17, 15) is 14.4 Å². The number of allylic oxidation sites excluding steroid dienone is 1. The van der Waals surface area contributed by atoms with E-state index in [0.717, 1.165) is 0 Å². The summed E-state index contributed by atoms with van der Waals surface area (Å²) in [4.78, 5) is 42.5. The summed E-state index contributed by atoms with van der Waals surface area (Å²) in [6.45, 7) is 5.00. The van der Waals surface area contributed by atoms with Gasteiger partial charge in [0.1, 0.15) is 5.75 Å². The molecule has 1 amide bonds. The quantitative estimate of drug-likeness (QED) is 0.582. The van der Waals surface area contributed by atoms with Gasteiger partial charge in [-0.3, -0.25) is 14.5 Å². The summed E-state index contributed by atoms with van der Waals surface area (Å²) in [6, 6.07) is 6.11. The van der Waals surface area contributed by atoms with E-state index >= 15 is 0 Å². The molecule has 1 aromatic rings. The summed E-state index contributed by atoms with van der Waals surface area (Å²) in [5.74, 6) is -0.631. The highest BCUT2D eigenvalue weighted by Crippen LogP contribution is 2.44. The number of thioether (sulfide) groups is 1. The minimum absolute atomic E-state index is 0.0794. The Morgan fingerprint density at radius 2 is 1.93 bits per heavy atom. The van der Waals surface area contributed by atoms with Crippen molar-refractivity contribution in [2.75, 3.05) is 7.11 Å². The molecule has 3 rings (SSSR count). The van der Waals surface area contributed by atoms with E-state index < -0.39 is 18.0 Å². The number of hydrogen-bond acceptors (Lipinski definition) is 7. The molecule has 2 aliphatic heterocycles. The zero-order valence-electron chi connectivity index (χ0n) is 15.5. The van der Waals surface area contributed by atoms with Crippen molar-refractivity contribution in [3.8, 4) is 5.75 Å². The van der Waals surface area contributed by atoms with Crippen LogP contribution in [0.15, 0.2) is 40.5 Å². The Morgan fingerprint density at radius 3 is 2.48 bits per heavy atom. The number of aliphatic imine (C=N–C) groups is 1. The van der Waals surface area contributed by atoms with Crippen LogP contribution in [0.25, 0.3) is 0 Å². The molecule has 0 unspecified atom stereocenters. The first kappa shape index (κ1) is 19.2. The van der Waals surface area contributed by atoms with Gasteiger partial charge in [0.25, 0.3) is 0 Å². The summed E-state index contributed by atoms with van der Waals surface area (Å²) in [5.41, 5.74) is 1.56. The summed E-state index contributed by atoms with van der Waals surface area (Å²) >= 11 is 1.41. The third-order valence-corrected chi connectivity index (χ3v) is 5.70. The summed E-state index contributed by atoms with van der Waals surface area (Å²) in [7, 11) is 1.30. The number of carbonyl (C=O) groups excluding carboxylic acids is 3. The fourth-order valence-electron chi connectivity index (χ4n) is 3.16. The first-order chi connectivity index (χ1) is 12.9. The highest BCUT2D eigenvalue weighted by molar-refractivity contribution is 8.15. The molecule has 2 heterocycles. The van der Waals surface area contributed by atoms with E-state index in [1.165, 1.54) is 25.8 Å². The largest absolute Gasteiger partial charge is 0.466 e. The van der Waals surface area contributed by atoms with Gasteiger partial charge in [0.15, 0.2) is 5.17 Å². The minimum Gasteiger partial charge on any atom is -0.466 e. The van der Waals surface area contributed by atoms with Gasteiger partial charge in [-0.25, -0.2) is 9.79 Å². The maximum atomic E-state index is 12.9. The first-order valence-electron chi connectivity index (χ1n) is 8.53. The molecule has 0 bridgehead atoms. The zero-order valence-corrected chi connectivity index (χ0v) is 16.3. The van der Waals surface area contributed by atoms with Crippen LogP contribution in [-0.2, 0) is 19.1 Å². The molecule has 2 aliphatic rings. The van der Waals surface area contributed by atoms with Crippen molar-refractivity contribution in [2.45, 2.75) is 38.5 Å². The van der Waals surface area contributed by atoms with Crippen LogP contribution in [0, 0.1) is 0 Å². The molecule has 142 valence electrons. The van der Waals surface area contributed by atoms with Gasteiger partial charge >= 0.3 is 11.9 Å². The molecule has 8 heteroatoms. The fourth-order valence-corrected chi connectivity index (χ4v) is 4.29. The fraction of sp³-hybridized carbons (Fsp3) is 0.368. The maximum Gasteiger partial charge on any atom is 0.338 e. The number of benzene rings is 1. The number of carbonyl (C=O) groups is 3. The van der Waals surface area contributed by atoms with Gasteiger partial charge in [0.05, 0.1) is 29.7 Å². The molecule has 1 fully saturated rings. The van der Waals surface area contributed by atoms with Crippen molar-refractivity contribution in [1.82, 2.24) is 4.90 Å². The van der Waals surface area contributed by atoms with Gasteiger partial charge in [-0.1, -0.05) is 30.8 Å². The smallest absolute Gasteiger partial charge is 0.338 e. The molecular formula is C19H20N2O5S. The SMILES string of the molecule is CC[C@@H]1SC2=NC(C)=C(C(=O)OC)[C@@H](c3ccc(OC(C)=O)cc3)N2C1=O. The second kappa shape index (κ2) is 7.56. The number of hydrogen-bond donors (Lipinski definition) is 0. The molecule has 1 aromatic carbocycles. The van der Waals surface area contributed by atoms with Gasteiger partial charge in [0, 0.05) is 6.92 Å². The van der Waals surface area contributed by atoms with Crippen LogP contribution in [0.1, 0.15) is 38.8 Å². The molecular weight excluding hydrogens is 368 g/mol. The number of rotatable bonds is 4. The average molecular weight is 388 g/mol. The monoisotopic (exact) mass is 388 g/mol. The topological polar surface area (TPSA) is 85.3 Å². The van der Waals surface area contributed by atoms with Crippen molar-refractivity contribution in [2.24, 2.45) is 4.99 Å². The van der Waals surface area contributed by atoms with E-state index in [1.54, 1.807) is 36.1 Å².